The molecule has 0 radical (unpaired) electrons. The molecule has 0 saturated heterocycles. The van der Waals surface area contributed by atoms with Gasteiger partial charge in [-0.15, -0.1) is 0 Å². The van der Waals surface area contributed by atoms with E-state index in [9.17, 15) is 9.59 Å². The molecule has 0 aliphatic heterocycles. The summed E-state index contributed by atoms with van der Waals surface area (Å²) in [6, 6.07) is 16.5. The molecule has 1 N–H and O–H groups in total. The molecular weight excluding hydrogens is 384 g/mol. The predicted molar refractivity (Wildman–Crippen MR) is 117 cm³/mol. The van der Waals surface area contributed by atoms with Crippen LogP contribution in [0.5, 0.6) is 0 Å². The van der Waals surface area contributed by atoms with E-state index in [4.69, 9.17) is 11.6 Å². The van der Waals surface area contributed by atoms with Gasteiger partial charge in [-0.1, -0.05) is 79.7 Å². The van der Waals surface area contributed by atoms with Gasteiger partial charge in [-0.2, -0.15) is 0 Å². The first kappa shape index (κ1) is 21.4. The lowest BCUT2D eigenvalue weighted by molar-refractivity contribution is -0.132. The number of benzene rings is 2. The second kappa shape index (κ2) is 10.4. The van der Waals surface area contributed by atoms with Gasteiger partial charge in [-0.3, -0.25) is 9.59 Å². The number of rotatable bonds is 6. The number of carbonyl (C=O) groups excluding carboxylic acids is 2. The van der Waals surface area contributed by atoms with Gasteiger partial charge < -0.3 is 10.2 Å². The zero-order valence-electron chi connectivity index (χ0n) is 16.9. The second-order valence-corrected chi connectivity index (χ2v) is 8.18. The van der Waals surface area contributed by atoms with E-state index in [1.165, 1.54) is 25.7 Å². The Kier molecular flexibility index (Phi) is 7.70. The summed E-state index contributed by atoms with van der Waals surface area (Å²) in [4.78, 5) is 27.8. The van der Waals surface area contributed by atoms with Crippen LogP contribution in [0.4, 0.5) is 0 Å². The summed E-state index contributed by atoms with van der Waals surface area (Å²) in [7, 11) is 1.90. The van der Waals surface area contributed by atoms with E-state index in [1.54, 1.807) is 24.3 Å². The van der Waals surface area contributed by atoms with Crippen LogP contribution in [0.25, 0.3) is 0 Å². The largest absolute Gasteiger partial charge is 0.345 e. The highest BCUT2D eigenvalue weighted by Crippen LogP contribution is 2.25. The normalized spacial score (nSPS) is 15.9. The number of amides is 2. The standard InChI is InChI=1S/C24H29ClN2O2/c1-27(19-13-7-2-3-8-14-19)23(28)17-22(18-11-5-4-6-12-18)26-24(29)20-15-9-10-16-21(20)25/h4-6,9-12,15-16,19,22H,2-3,7-8,13-14,17H2,1H3,(H,26,29). The maximum absolute atomic E-state index is 13.1. The van der Waals surface area contributed by atoms with E-state index in [0.717, 1.165) is 18.4 Å². The van der Waals surface area contributed by atoms with Crippen molar-refractivity contribution in [3.8, 4) is 0 Å². The number of hydrogen-bond acceptors (Lipinski definition) is 2. The molecular formula is C24H29ClN2O2. The second-order valence-electron chi connectivity index (χ2n) is 7.77. The first-order valence-corrected chi connectivity index (χ1v) is 10.8. The predicted octanol–water partition coefficient (Wildman–Crippen LogP) is 5.38. The summed E-state index contributed by atoms with van der Waals surface area (Å²) in [5, 5.41) is 3.42. The molecule has 0 spiro atoms. The molecule has 0 aromatic heterocycles. The zero-order chi connectivity index (χ0) is 20.6. The molecule has 1 atom stereocenters. The fourth-order valence-electron chi connectivity index (χ4n) is 3.99. The van der Waals surface area contributed by atoms with Gasteiger partial charge in [0.05, 0.1) is 23.0 Å². The third-order valence-electron chi connectivity index (χ3n) is 5.77. The van der Waals surface area contributed by atoms with Crippen LogP contribution in [0.15, 0.2) is 54.6 Å². The molecule has 2 aromatic rings. The lowest BCUT2D eigenvalue weighted by Gasteiger charge is -2.29. The summed E-state index contributed by atoms with van der Waals surface area (Å²) in [6.07, 6.45) is 7.20. The number of nitrogens with zero attached hydrogens (tertiary/aromatic N) is 1. The Labute approximate surface area is 178 Å². The van der Waals surface area contributed by atoms with E-state index in [0.29, 0.717) is 16.6 Å². The topological polar surface area (TPSA) is 49.4 Å². The molecule has 2 amide bonds. The van der Waals surface area contributed by atoms with Crippen molar-refractivity contribution in [1.29, 1.82) is 0 Å². The van der Waals surface area contributed by atoms with Crippen LogP contribution in [0, 0.1) is 0 Å². The minimum absolute atomic E-state index is 0.0604. The van der Waals surface area contributed by atoms with Gasteiger partial charge in [0.2, 0.25) is 5.91 Å². The molecule has 29 heavy (non-hydrogen) atoms. The maximum Gasteiger partial charge on any atom is 0.253 e. The highest BCUT2D eigenvalue weighted by Gasteiger charge is 2.26. The van der Waals surface area contributed by atoms with Crippen LogP contribution < -0.4 is 5.32 Å². The molecule has 4 nitrogen and oxygen atoms in total. The van der Waals surface area contributed by atoms with Crippen molar-refractivity contribution in [2.45, 2.75) is 57.0 Å². The average molecular weight is 413 g/mol. The highest BCUT2D eigenvalue weighted by molar-refractivity contribution is 6.33. The SMILES string of the molecule is CN(C(=O)CC(NC(=O)c1ccccc1Cl)c1ccccc1)C1CCCCCC1. The van der Waals surface area contributed by atoms with Crippen molar-refractivity contribution < 1.29 is 9.59 Å². The van der Waals surface area contributed by atoms with Crippen LogP contribution in [0.2, 0.25) is 5.02 Å². The average Bonchev–Trinajstić information content (AvgIpc) is 3.03. The number of halogens is 1. The van der Waals surface area contributed by atoms with Crippen molar-refractivity contribution in [3.05, 3.63) is 70.7 Å². The van der Waals surface area contributed by atoms with Crippen molar-refractivity contribution >= 4 is 23.4 Å². The molecule has 5 heteroatoms. The molecule has 0 heterocycles. The Balaban J connectivity index is 1.74. The molecule has 1 fully saturated rings. The van der Waals surface area contributed by atoms with Gasteiger partial charge in [0.15, 0.2) is 0 Å². The molecule has 1 saturated carbocycles. The summed E-state index contributed by atoms with van der Waals surface area (Å²) in [6.45, 7) is 0. The Morgan fingerprint density at radius 2 is 1.62 bits per heavy atom. The van der Waals surface area contributed by atoms with Crippen LogP contribution in [-0.4, -0.2) is 29.8 Å². The summed E-state index contributed by atoms with van der Waals surface area (Å²) < 4.78 is 0. The minimum Gasteiger partial charge on any atom is -0.345 e. The molecule has 1 unspecified atom stereocenters. The quantitative estimate of drug-likeness (QED) is 0.647. The van der Waals surface area contributed by atoms with E-state index < -0.39 is 6.04 Å². The molecule has 1 aliphatic rings. The van der Waals surface area contributed by atoms with Gasteiger partial charge in [0.1, 0.15) is 0 Å². The minimum atomic E-state index is -0.402. The monoisotopic (exact) mass is 412 g/mol. The van der Waals surface area contributed by atoms with Crippen molar-refractivity contribution in [2.75, 3.05) is 7.05 Å². The first-order chi connectivity index (χ1) is 14.1. The molecule has 0 bridgehead atoms. The lowest BCUT2D eigenvalue weighted by Crippen LogP contribution is -2.39. The highest BCUT2D eigenvalue weighted by atomic mass is 35.5. The summed E-state index contributed by atoms with van der Waals surface area (Å²) in [5.41, 5.74) is 1.33. The van der Waals surface area contributed by atoms with Crippen molar-refractivity contribution in [3.63, 3.8) is 0 Å². The van der Waals surface area contributed by atoms with Gasteiger partial charge in [-0.05, 0) is 30.5 Å². The number of hydrogen-bond donors (Lipinski definition) is 1. The molecule has 1 aliphatic carbocycles. The van der Waals surface area contributed by atoms with Gasteiger partial charge in [0.25, 0.3) is 5.91 Å². The van der Waals surface area contributed by atoms with Gasteiger partial charge >= 0.3 is 0 Å². The van der Waals surface area contributed by atoms with Crippen LogP contribution in [-0.2, 0) is 4.79 Å². The summed E-state index contributed by atoms with van der Waals surface area (Å²) >= 11 is 6.19. The fraction of sp³-hybridized carbons (Fsp3) is 0.417. The fourth-order valence-corrected chi connectivity index (χ4v) is 4.21. The lowest BCUT2D eigenvalue weighted by atomic mass is 10.0. The molecule has 2 aromatic carbocycles. The van der Waals surface area contributed by atoms with E-state index in [1.807, 2.05) is 42.3 Å². The smallest absolute Gasteiger partial charge is 0.253 e. The third kappa shape index (κ3) is 5.83. The van der Waals surface area contributed by atoms with E-state index in [2.05, 4.69) is 5.32 Å². The van der Waals surface area contributed by atoms with E-state index >= 15 is 0 Å². The van der Waals surface area contributed by atoms with E-state index in [-0.39, 0.29) is 18.2 Å². The number of carbonyl (C=O) groups is 2. The Hall–Kier alpha value is -2.33. The van der Waals surface area contributed by atoms with Crippen LogP contribution in [0.1, 0.15) is 66.9 Å². The van der Waals surface area contributed by atoms with Crippen LogP contribution >= 0.6 is 11.6 Å². The Bertz CT molecular complexity index is 817. The molecule has 3 rings (SSSR count). The van der Waals surface area contributed by atoms with Crippen molar-refractivity contribution in [2.24, 2.45) is 0 Å². The first-order valence-electron chi connectivity index (χ1n) is 10.4. The van der Waals surface area contributed by atoms with Crippen LogP contribution in [0.3, 0.4) is 0 Å². The number of nitrogens with one attached hydrogen (secondary N) is 1. The molecule has 154 valence electrons. The Morgan fingerprint density at radius 1 is 1.00 bits per heavy atom. The zero-order valence-corrected chi connectivity index (χ0v) is 17.7. The third-order valence-corrected chi connectivity index (χ3v) is 6.10. The van der Waals surface area contributed by atoms with Gasteiger partial charge in [0, 0.05) is 13.1 Å². The van der Waals surface area contributed by atoms with Gasteiger partial charge in [-0.25, -0.2) is 0 Å². The van der Waals surface area contributed by atoms with Crippen molar-refractivity contribution in [1.82, 2.24) is 10.2 Å². The Morgan fingerprint density at radius 3 is 2.28 bits per heavy atom. The summed E-state index contributed by atoms with van der Waals surface area (Å²) in [5.74, 6) is -0.209. The maximum atomic E-state index is 13.1.